The number of nitrogens with one attached hydrogen (secondary N) is 1. The number of carboxylic acids is 1. The van der Waals surface area contributed by atoms with Crippen LogP contribution in [0.15, 0.2) is 70.2 Å². The minimum atomic E-state index is -1.07. The average molecular weight is 379 g/mol. The van der Waals surface area contributed by atoms with Crippen molar-refractivity contribution in [3.05, 3.63) is 87.7 Å². The highest BCUT2D eigenvalue weighted by molar-refractivity contribution is 5.96. The molecule has 0 saturated carbocycles. The van der Waals surface area contributed by atoms with Gasteiger partial charge in [-0.3, -0.25) is 14.9 Å². The van der Waals surface area contributed by atoms with Crippen molar-refractivity contribution in [2.45, 2.75) is 0 Å². The highest BCUT2D eigenvalue weighted by Gasteiger charge is 2.13. The van der Waals surface area contributed by atoms with E-state index in [9.17, 15) is 24.8 Å². The smallest absolute Gasteiger partial charge is 0.336 e. The minimum Gasteiger partial charge on any atom is -0.478 e. The molecule has 9 nitrogen and oxygen atoms in total. The van der Waals surface area contributed by atoms with Crippen molar-refractivity contribution >= 4 is 23.8 Å². The van der Waals surface area contributed by atoms with Crippen molar-refractivity contribution in [3.8, 4) is 11.3 Å². The van der Waals surface area contributed by atoms with Crippen LogP contribution < -0.4 is 5.43 Å². The first-order valence-corrected chi connectivity index (χ1v) is 7.96. The summed E-state index contributed by atoms with van der Waals surface area (Å²) in [5.74, 6) is -0.966. The molecule has 0 saturated heterocycles. The Balaban J connectivity index is 1.68. The molecule has 0 aliphatic heterocycles. The molecule has 2 aromatic carbocycles. The quantitative estimate of drug-likeness (QED) is 0.383. The molecule has 0 unspecified atom stereocenters. The number of carbonyl (C=O) groups excluding carboxylic acids is 1. The van der Waals surface area contributed by atoms with Gasteiger partial charge in [0.25, 0.3) is 11.6 Å². The van der Waals surface area contributed by atoms with Crippen molar-refractivity contribution in [3.63, 3.8) is 0 Å². The van der Waals surface area contributed by atoms with Gasteiger partial charge in [0.2, 0.25) is 0 Å². The normalized spacial score (nSPS) is 10.7. The van der Waals surface area contributed by atoms with Gasteiger partial charge >= 0.3 is 5.97 Å². The Bertz CT molecular complexity index is 1070. The second-order valence-electron chi connectivity index (χ2n) is 5.56. The molecular formula is C19H13N3O6. The molecule has 0 bridgehead atoms. The zero-order chi connectivity index (χ0) is 20.1. The maximum Gasteiger partial charge on any atom is 0.336 e. The Labute approximate surface area is 158 Å². The largest absolute Gasteiger partial charge is 0.478 e. The van der Waals surface area contributed by atoms with Crippen LogP contribution >= 0.6 is 0 Å². The van der Waals surface area contributed by atoms with E-state index in [0.717, 1.165) is 0 Å². The lowest BCUT2D eigenvalue weighted by molar-refractivity contribution is -0.384. The van der Waals surface area contributed by atoms with Gasteiger partial charge in [-0.1, -0.05) is 18.2 Å². The molecule has 0 aliphatic carbocycles. The van der Waals surface area contributed by atoms with E-state index in [4.69, 9.17) is 4.42 Å². The maximum atomic E-state index is 12.0. The molecule has 0 fully saturated rings. The molecule has 0 atom stereocenters. The molecule has 1 heterocycles. The van der Waals surface area contributed by atoms with Gasteiger partial charge in [-0.2, -0.15) is 5.10 Å². The highest BCUT2D eigenvalue weighted by atomic mass is 16.6. The SMILES string of the molecule is O=C(N/N=C\c1ccc(-c2ccccc2C(=O)O)o1)c1ccc([N+](=O)[O-])cc1. The number of nitrogens with zero attached hydrogens (tertiary/aromatic N) is 2. The van der Waals surface area contributed by atoms with Crippen molar-refractivity contribution < 1.29 is 24.0 Å². The van der Waals surface area contributed by atoms with E-state index in [0.29, 0.717) is 17.1 Å². The Hall–Kier alpha value is -4.27. The summed E-state index contributed by atoms with van der Waals surface area (Å²) < 4.78 is 5.55. The van der Waals surface area contributed by atoms with Gasteiger partial charge < -0.3 is 9.52 Å². The lowest BCUT2D eigenvalue weighted by Gasteiger charge is -2.02. The van der Waals surface area contributed by atoms with Gasteiger partial charge in [0.1, 0.15) is 11.5 Å². The van der Waals surface area contributed by atoms with Crippen LogP contribution in [-0.2, 0) is 0 Å². The van der Waals surface area contributed by atoms with E-state index in [-0.39, 0.29) is 16.8 Å². The van der Waals surface area contributed by atoms with Crippen LogP contribution in [0.1, 0.15) is 26.5 Å². The van der Waals surface area contributed by atoms with Crippen LogP contribution in [0.4, 0.5) is 5.69 Å². The molecule has 3 rings (SSSR count). The van der Waals surface area contributed by atoms with Crippen LogP contribution in [0.25, 0.3) is 11.3 Å². The average Bonchev–Trinajstić information content (AvgIpc) is 3.16. The molecule has 0 aliphatic rings. The molecule has 140 valence electrons. The van der Waals surface area contributed by atoms with Crippen LogP contribution in [0.3, 0.4) is 0 Å². The second kappa shape index (κ2) is 7.96. The summed E-state index contributed by atoms with van der Waals surface area (Å²) in [6, 6.07) is 14.7. The number of aromatic carboxylic acids is 1. The number of furan rings is 1. The summed E-state index contributed by atoms with van der Waals surface area (Å²) in [5.41, 5.74) is 2.89. The zero-order valence-electron chi connectivity index (χ0n) is 14.2. The predicted molar refractivity (Wildman–Crippen MR) is 99.3 cm³/mol. The fourth-order valence-corrected chi connectivity index (χ4v) is 2.41. The molecule has 28 heavy (non-hydrogen) atoms. The summed E-state index contributed by atoms with van der Waals surface area (Å²) in [6.45, 7) is 0. The lowest BCUT2D eigenvalue weighted by Crippen LogP contribution is -2.17. The van der Waals surface area contributed by atoms with Gasteiger partial charge in [0.15, 0.2) is 0 Å². The lowest BCUT2D eigenvalue weighted by atomic mass is 10.1. The molecule has 3 aromatic rings. The maximum absolute atomic E-state index is 12.0. The second-order valence-corrected chi connectivity index (χ2v) is 5.56. The molecule has 0 radical (unpaired) electrons. The fourth-order valence-electron chi connectivity index (χ4n) is 2.41. The standard InChI is InChI=1S/C19H13N3O6/c23-18(12-5-7-13(8-6-12)22(26)27)21-20-11-14-9-10-17(28-14)15-3-1-2-4-16(15)19(24)25/h1-11H,(H,21,23)(H,24,25)/b20-11-. The van der Waals surface area contributed by atoms with Crippen molar-refractivity contribution in [1.29, 1.82) is 0 Å². The number of hydrazone groups is 1. The third-order valence-corrected chi connectivity index (χ3v) is 3.75. The summed E-state index contributed by atoms with van der Waals surface area (Å²) >= 11 is 0. The number of hydrogen-bond acceptors (Lipinski definition) is 6. The topological polar surface area (TPSA) is 135 Å². The minimum absolute atomic E-state index is 0.104. The van der Waals surface area contributed by atoms with E-state index in [2.05, 4.69) is 10.5 Å². The van der Waals surface area contributed by atoms with Crippen molar-refractivity contribution in [1.82, 2.24) is 5.43 Å². The Morgan fingerprint density at radius 3 is 2.46 bits per heavy atom. The number of nitro benzene ring substituents is 1. The zero-order valence-corrected chi connectivity index (χ0v) is 14.2. The first-order valence-electron chi connectivity index (χ1n) is 7.96. The van der Waals surface area contributed by atoms with E-state index in [1.165, 1.54) is 36.5 Å². The number of benzene rings is 2. The Morgan fingerprint density at radius 2 is 1.79 bits per heavy atom. The third-order valence-electron chi connectivity index (χ3n) is 3.75. The van der Waals surface area contributed by atoms with Gasteiger partial charge in [0, 0.05) is 23.3 Å². The van der Waals surface area contributed by atoms with E-state index < -0.39 is 16.8 Å². The number of hydrogen-bond donors (Lipinski definition) is 2. The van der Waals surface area contributed by atoms with Crippen LogP contribution in [-0.4, -0.2) is 28.1 Å². The Kier molecular flexibility index (Phi) is 5.26. The Morgan fingerprint density at radius 1 is 1.07 bits per heavy atom. The first-order chi connectivity index (χ1) is 13.5. The number of rotatable bonds is 6. The van der Waals surface area contributed by atoms with Gasteiger partial charge in [0.05, 0.1) is 16.7 Å². The van der Waals surface area contributed by atoms with E-state index in [1.807, 2.05) is 0 Å². The third kappa shape index (κ3) is 4.10. The molecule has 9 heteroatoms. The first kappa shape index (κ1) is 18.5. The van der Waals surface area contributed by atoms with Crippen molar-refractivity contribution in [2.24, 2.45) is 5.10 Å². The number of non-ortho nitro benzene ring substituents is 1. The summed E-state index contributed by atoms with van der Waals surface area (Å²) in [7, 11) is 0. The molecule has 2 N–H and O–H groups in total. The number of nitro groups is 1. The molecule has 1 amide bonds. The molecular weight excluding hydrogens is 366 g/mol. The van der Waals surface area contributed by atoms with Gasteiger partial charge in [-0.25, -0.2) is 10.2 Å². The number of carboxylic acid groups (broad SMARTS) is 1. The summed E-state index contributed by atoms with van der Waals surface area (Å²) in [5, 5.41) is 23.6. The molecule has 0 spiro atoms. The van der Waals surface area contributed by atoms with E-state index >= 15 is 0 Å². The highest BCUT2D eigenvalue weighted by Crippen LogP contribution is 2.25. The number of carbonyl (C=O) groups is 2. The van der Waals surface area contributed by atoms with Crippen LogP contribution in [0, 0.1) is 10.1 Å². The fraction of sp³-hybridized carbons (Fsp3) is 0. The summed E-state index contributed by atoms with van der Waals surface area (Å²) in [4.78, 5) is 33.3. The van der Waals surface area contributed by atoms with Crippen LogP contribution in [0.2, 0.25) is 0 Å². The van der Waals surface area contributed by atoms with Crippen molar-refractivity contribution in [2.75, 3.05) is 0 Å². The van der Waals surface area contributed by atoms with Gasteiger partial charge in [-0.15, -0.1) is 0 Å². The monoisotopic (exact) mass is 379 g/mol. The predicted octanol–water partition coefficient (Wildman–Crippen LogP) is 3.32. The van der Waals surface area contributed by atoms with Gasteiger partial charge in [-0.05, 0) is 30.3 Å². The summed E-state index contributed by atoms with van der Waals surface area (Å²) in [6.07, 6.45) is 1.26. The molecule has 1 aromatic heterocycles. The van der Waals surface area contributed by atoms with E-state index in [1.54, 1.807) is 30.3 Å². The van der Waals surface area contributed by atoms with Crippen LogP contribution in [0.5, 0.6) is 0 Å². The number of amides is 1.